The molecule has 2 aliphatic rings. The molecule has 0 saturated heterocycles. The molecule has 2 aliphatic carbocycles. The summed E-state index contributed by atoms with van der Waals surface area (Å²) in [5.74, 6) is 0. The van der Waals surface area contributed by atoms with E-state index in [1.54, 1.807) is 0 Å². The Balaban J connectivity index is 2.57. The van der Waals surface area contributed by atoms with Crippen molar-refractivity contribution in [3.8, 4) is 11.1 Å². The Morgan fingerprint density at radius 3 is 1.64 bits per heavy atom. The van der Waals surface area contributed by atoms with Crippen LogP contribution in [-0.4, -0.2) is 8.07 Å². The van der Waals surface area contributed by atoms with Gasteiger partial charge in [-0.25, -0.2) is 0 Å². The van der Waals surface area contributed by atoms with Crippen molar-refractivity contribution in [1.29, 1.82) is 0 Å². The topological polar surface area (TPSA) is 0 Å². The molecule has 0 saturated carbocycles. The van der Waals surface area contributed by atoms with Gasteiger partial charge in [0.05, 0.1) is 8.07 Å². The number of fused-ring (bicyclic) bond motifs is 1. The summed E-state index contributed by atoms with van der Waals surface area (Å²) in [7, 11) is -1.16. The van der Waals surface area contributed by atoms with Crippen LogP contribution in [0.2, 0.25) is 19.6 Å². The molecule has 72 valence electrons. The second kappa shape index (κ2) is 3.25. The third-order valence-corrected chi connectivity index (χ3v) is 4.70. The average molecular weight is 200 g/mol. The lowest BCUT2D eigenvalue weighted by atomic mass is 10.2. The Hall–Kier alpha value is -1.08. The van der Waals surface area contributed by atoms with E-state index >= 15 is 0 Å². The van der Waals surface area contributed by atoms with Gasteiger partial charge in [-0.3, -0.25) is 0 Å². The second-order valence-corrected chi connectivity index (χ2v) is 9.89. The Labute approximate surface area is 86.9 Å². The van der Waals surface area contributed by atoms with Gasteiger partial charge in [-0.05, 0) is 11.1 Å². The van der Waals surface area contributed by atoms with Crippen LogP contribution in [0.3, 0.4) is 0 Å². The van der Waals surface area contributed by atoms with Crippen molar-refractivity contribution in [1.82, 2.24) is 0 Å². The van der Waals surface area contributed by atoms with Crippen LogP contribution in [0, 0.1) is 0 Å². The van der Waals surface area contributed by atoms with E-state index in [0.717, 1.165) is 0 Å². The molecule has 2 rings (SSSR count). The largest absolute Gasteiger partial charge is 0.0775 e. The fourth-order valence-corrected chi connectivity index (χ4v) is 2.83. The zero-order valence-electron chi connectivity index (χ0n) is 9.04. The maximum atomic E-state index is 2.38. The molecule has 0 spiro atoms. The molecule has 0 atom stereocenters. The molecule has 0 aromatic carbocycles. The first-order valence-corrected chi connectivity index (χ1v) is 8.57. The second-order valence-electron chi connectivity index (χ2n) is 4.81. The van der Waals surface area contributed by atoms with E-state index in [-0.39, 0.29) is 0 Å². The van der Waals surface area contributed by atoms with E-state index in [4.69, 9.17) is 0 Å². The van der Waals surface area contributed by atoms with Crippen molar-refractivity contribution >= 4 is 13.3 Å². The summed E-state index contributed by atoms with van der Waals surface area (Å²) >= 11 is 0. The molecule has 14 heavy (non-hydrogen) atoms. The summed E-state index contributed by atoms with van der Waals surface area (Å²) in [6, 6.07) is 15.5. The maximum absolute atomic E-state index is 2.38. The highest BCUT2D eigenvalue weighted by atomic mass is 28.3. The minimum Gasteiger partial charge on any atom is -0.0656 e. The molecule has 0 fully saturated rings. The van der Waals surface area contributed by atoms with Gasteiger partial charge in [-0.1, -0.05) is 67.3 Å². The Morgan fingerprint density at radius 2 is 1.21 bits per heavy atom. The van der Waals surface area contributed by atoms with Crippen molar-refractivity contribution in [2.45, 2.75) is 19.6 Å². The molecule has 0 amide bonds. The first-order chi connectivity index (χ1) is 6.57. The Morgan fingerprint density at radius 1 is 0.714 bits per heavy atom. The molecule has 0 aliphatic heterocycles. The summed E-state index contributed by atoms with van der Waals surface area (Å²) in [6.45, 7) is 7.15. The molecule has 0 aromatic heterocycles. The van der Waals surface area contributed by atoms with Gasteiger partial charge in [0.2, 0.25) is 0 Å². The molecular formula is C13H16Si. The third-order valence-electron chi connectivity index (χ3n) is 2.64. The number of hydrogen-bond donors (Lipinski definition) is 0. The summed E-state index contributed by atoms with van der Waals surface area (Å²) < 4.78 is 0. The van der Waals surface area contributed by atoms with E-state index in [1.807, 2.05) is 0 Å². The molecular weight excluding hydrogens is 184 g/mol. The maximum Gasteiger partial charge on any atom is 0.0775 e. The quantitative estimate of drug-likeness (QED) is 0.619. The van der Waals surface area contributed by atoms with E-state index < -0.39 is 8.07 Å². The van der Waals surface area contributed by atoms with Gasteiger partial charge in [-0.2, -0.15) is 0 Å². The lowest BCUT2D eigenvalue weighted by Gasteiger charge is -2.14. The monoisotopic (exact) mass is 200 g/mol. The van der Waals surface area contributed by atoms with Crippen LogP contribution in [0.15, 0.2) is 42.5 Å². The van der Waals surface area contributed by atoms with Gasteiger partial charge in [0.15, 0.2) is 0 Å². The molecule has 0 unspecified atom stereocenters. The molecule has 0 N–H and O–H groups in total. The van der Waals surface area contributed by atoms with E-state index in [2.05, 4.69) is 62.1 Å². The van der Waals surface area contributed by atoms with Crippen molar-refractivity contribution in [2.24, 2.45) is 0 Å². The van der Waals surface area contributed by atoms with Gasteiger partial charge in [0, 0.05) is 0 Å². The highest BCUT2D eigenvalue weighted by molar-refractivity contribution is 6.88. The Bertz CT molecular complexity index is 381. The van der Waals surface area contributed by atoms with Crippen LogP contribution >= 0.6 is 0 Å². The lowest BCUT2D eigenvalue weighted by Crippen LogP contribution is -2.36. The zero-order chi connectivity index (χ0) is 10.2. The van der Waals surface area contributed by atoms with Crippen LogP contribution in [0.4, 0.5) is 0 Å². The van der Waals surface area contributed by atoms with Crippen LogP contribution in [0.5, 0.6) is 0 Å². The fourth-order valence-electron chi connectivity index (χ4n) is 1.67. The van der Waals surface area contributed by atoms with Crippen molar-refractivity contribution in [3.05, 3.63) is 42.5 Å². The first kappa shape index (κ1) is 9.47. The average Bonchev–Trinajstić information content (AvgIpc) is 2.42. The molecule has 0 radical (unpaired) electrons. The molecule has 0 bridgehead atoms. The van der Waals surface area contributed by atoms with Gasteiger partial charge in [0.25, 0.3) is 0 Å². The molecule has 0 heterocycles. The summed E-state index contributed by atoms with van der Waals surface area (Å²) in [5, 5.41) is 1.52. The molecule has 0 aromatic rings. The summed E-state index contributed by atoms with van der Waals surface area (Å²) in [4.78, 5) is 0. The highest BCUT2D eigenvalue weighted by Gasteiger charge is 2.15. The van der Waals surface area contributed by atoms with Gasteiger partial charge < -0.3 is 0 Å². The molecule has 0 nitrogen and oxygen atoms in total. The van der Waals surface area contributed by atoms with Crippen LogP contribution < -0.4 is 5.19 Å². The first-order valence-electron chi connectivity index (χ1n) is 5.07. The SMILES string of the molecule is C[Si](C)(C)c1ccc2cccc-2cc1. The van der Waals surface area contributed by atoms with Crippen LogP contribution in [-0.2, 0) is 0 Å². The van der Waals surface area contributed by atoms with E-state index in [0.29, 0.717) is 0 Å². The minimum atomic E-state index is -1.16. The minimum absolute atomic E-state index is 1.16. The number of hydrogen-bond acceptors (Lipinski definition) is 0. The third kappa shape index (κ3) is 1.73. The van der Waals surface area contributed by atoms with E-state index in [1.165, 1.54) is 16.3 Å². The lowest BCUT2D eigenvalue weighted by molar-refractivity contribution is 1.73. The van der Waals surface area contributed by atoms with Gasteiger partial charge in [-0.15, -0.1) is 0 Å². The van der Waals surface area contributed by atoms with Gasteiger partial charge >= 0.3 is 0 Å². The van der Waals surface area contributed by atoms with Crippen molar-refractivity contribution < 1.29 is 0 Å². The zero-order valence-corrected chi connectivity index (χ0v) is 10.0. The summed E-state index contributed by atoms with van der Waals surface area (Å²) in [6.07, 6.45) is 0. The van der Waals surface area contributed by atoms with E-state index in [9.17, 15) is 0 Å². The highest BCUT2D eigenvalue weighted by Crippen LogP contribution is 2.20. The molecule has 1 heteroatoms. The van der Waals surface area contributed by atoms with Crippen molar-refractivity contribution in [2.75, 3.05) is 0 Å². The van der Waals surface area contributed by atoms with Crippen LogP contribution in [0.1, 0.15) is 0 Å². The van der Waals surface area contributed by atoms with Gasteiger partial charge in [0.1, 0.15) is 0 Å². The fraction of sp³-hybridized carbons (Fsp3) is 0.231. The van der Waals surface area contributed by atoms with Crippen LogP contribution in [0.25, 0.3) is 11.1 Å². The summed E-state index contributed by atoms with van der Waals surface area (Å²) in [5.41, 5.74) is 2.68. The predicted molar refractivity (Wildman–Crippen MR) is 66.0 cm³/mol. The predicted octanol–water partition coefficient (Wildman–Crippen LogP) is 3.34. The number of rotatable bonds is 1. The smallest absolute Gasteiger partial charge is 0.0656 e. The van der Waals surface area contributed by atoms with Crippen molar-refractivity contribution in [3.63, 3.8) is 0 Å². The normalized spacial score (nSPS) is 11.9. The standard InChI is InChI=1S/C13H16Si/c1-14(2,3)13-9-7-11-5-4-6-12(11)8-10-13/h4-10H,1-3H3. The Kier molecular flexibility index (Phi) is 2.20.